The van der Waals surface area contributed by atoms with E-state index in [1.165, 1.54) is 12.1 Å². The Bertz CT molecular complexity index is 410. The van der Waals surface area contributed by atoms with Gasteiger partial charge in [0.1, 0.15) is 5.75 Å². The summed E-state index contributed by atoms with van der Waals surface area (Å²) in [5.41, 5.74) is 6.36. The summed E-state index contributed by atoms with van der Waals surface area (Å²) >= 11 is 0. The maximum Gasteiger partial charge on any atom is 0.416 e. The molecule has 0 radical (unpaired) electrons. The largest absolute Gasteiger partial charge is 0.493 e. The van der Waals surface area contributed by atoms with E-state index in [9.17, 15) is 13.2 Å². The highest BCUT2D eigenvalue weighted by molar-refractivity contribution is 5.59. The molecule has 0 aliphatic carbocycles. The Labute approximate surface area is 109 Å². The molecule has 19 heavy (non-hydrogen) atoms. The average molecular weight is 278 g/mol. The molecule has 0 bridgehead atoms. The van der Waals surface area contributed by atoms with Crippen molar-refractivity contribution in [3.05, 3.63) is 18.2 Å². The Morgan fingerprint density at radius 1 is 1.37 bits per heavy atom. The lowest BCUT2D eigenvalue weighted by Gasteiger charge is -2.16. The van der Waals surface area contributed by atoms with Gasteiger partial charge in [-0.2, -0.15) is 13.2 Å². The minimum absolute atomic E-state index is 0.370. The van der Waals surface area contributed by atoms with Crippen molar-refractivity contribution in [2.45, 2.75) is 25.6 Å². The summed E-state index contributed by atoms with van der Waals surface area (Å²) in [6.45, 7) is 1.79. The van der Waals surface area contributed by atoms with E-state index >= 15 is 0 Å². The van der Waals surface area contributed by atoms with Crippen molar-refractivity contribution in [3.63, 3.8) is 0 Å². The van der Waals surface area contributed by atoms with Crippen molar-refractivity contribution in [1.82, 2.24) is 0 Å². The van der Waals surface area contributed by atoms with Crippen LogP contribution in [-0.2, 0) is 0 Å². The predicted molar refractivity (Wildman–Crippen MR) is 67.2 cm³/mol. The maximum absolute atomic E-state index is 12.1. The highest BCUT2D eigenvalue weighted by atomic mass is 19.4. The number of alkyl halides is 3. The Morgan fingerprint density at radius 2 is 2.05 bits per heavy atom. The van der Waals surface area contributed by atoms with Gasteiger partial charge >= 0.3 is 6.18 Å². The van der Waals surface area contributed by atoms with Crippen LogP contribution in [0.15, 0.2) is 18.2 Å². The van der Waals surface area contributed by atoms with Crippen LogP contribution >= 0.6 is 0 Å². The van der Waals surface area contributed by atoms with Gasteiger partial charge in [0.2, 0.25) is 0 Å². The van der Waals surface area contributed by atoms with E-state index in [-0.39, 0.29) is 0 Å². The number of rotatable bonds is 6. The lowest BCUT2D eigenvalue weighted by Crippen LogP contribution is -2.35. The van der Waals surface area contributed by atoms with Crippen LogP contribution in [-0.4, -0.2) is 30.5 Å². The molecule has 7 heteroatoms. The topological polar surface area (TPSA) is 67.5 Å². The van der Waals surface area contributed by atoms with Crippen LogP contribution < -0.4 is 15.8 Å². The second-order valence-electron chi connectivity index (χ2n) is 4.08. The number of hydrogen-bond acceptors (Lipinski definition) is 4. The molecule has 1 rings (SSSR count). The number of benzene rings is 1. The summed E-state index contributed by atoms with van der Waals surface area (Å²) in [4.78, 5) is 0. The third-order valence-electron chi connectivity index (χ3n) is 2.28. The molecular formula is C12H17F3N2O2. The van der Waals surface area contributed by atoms with E-state index in [1.807, 2.05) is 6.92 Å². The molecule has 0 aliphatic heterocycles. The highest BCUT2D eigenvalue weighted by Gasteiger charge is 2.37. The van der Waals surface area contributed by atoms with Crippen molar-refractivity contribution in [2.24, 2.45) is 0 Å². The van der Waals surface area contributed by atoms with Crippen LogP contribution in [0.4, 0.5) is 24.5 Å². The minimum Gasteiger partial charge on any atom is -0.493 e. The minimum atomic E-state index is -4.64. The summed E-state index contributed by atoms with van der Waals surface area (Å²) in [5.74, 6) is 0.478. The van der Waals surface area contributed by atoms with Crippen LogP contribution in [0, 0.1) is 0 Å². The monoisotopic (exact) mass is 278 g/mol. The number of halogens is 3. The third-order valence-corrected chi connectivity index (χ3v) is 2.28. The number of hydrogen-bond donors (Lipinski definition) is 3. The molecule has 0 saturated heterocycles. The molecule has 0 heterocycles. The van der Waals surface area contributed by atoms with Gasteiger partial charge in [-0.25, -0.2) is 0 Å². The van der Waals surface area contributed by atoms with Crippen molar-refractivity contribution >= 4 is 11.4 Å². The zero-order chi connectivity index (χ0) is 14.5. The van der Waals surface area contributed by atoms with Crippen LogP contribution in [0.25, 0.3) is 0 Å². The van der Waals surface area contributed by atoms with Gasteiger partial charge in [0, 0.05) is 30.1 Å². The fourth-order valence-electron chi connectivity index (χ4n) is 1.36. The molecule has 0 fully saturated rings. The van der Waals surface area contributed by atoms with E-state index in [0.29, 0.717) is 23.7 Å². The first-order valence-electron chi connectivity index (χ1n) is 5.85. The first-order valence-corrected chi connectivity index (χ1v) is 5.85. The lowest BCUT2D eigenvalue weighted by atomic mass is 10.2. The summed E-state index contributed by atoms with van der Waals surface area (Å²) in [6.07, 6.45) is -6.26. The Morgan fingerprint density at radius 3 is 2.63 bits per heavy atom. The number of aliphatic hydroxyl groups excluding tert-OH is 1. The van der Waals surface area contributed by atoms with E-state index in [1.54, 1.807) is 6.07 Å². The third kappa shape index (κ3) is 5.25. The van der Waals surface area contributed by atoms with Crippen molar-refractivity contribution in [1.29, 1.82) is 0 Å². The number of aliphatic hydroxyl groups is 1. The van der Waals surface area contributed by atoms with Gasteiger partial charge in [0.15, 0.2) is 6.10 Å². The Hall–Kier alpha value is -1.63. The molecule has 4 N–H and O–H groups in total. The summed E-state index contributed by atoms with van der Waals surface area (Å²) < 4.78 is 41.8. The van der Waals surface area contributed by atoms with Gasteiger partial charge in [0.25, 0.3) is 0 Å². The molecule has 0 saturated carbocycles. The lowest BCUT2D eigenvalue weighted by molar-refractivity contribution is -0.198. The van der Waals surface area contributed by atoms with E-state index in [0.717, 1.165) is 6.42 Å². The van der Waals surface area contributed by atoms with Crippen molar-refractivity contribution in [2.75, 3.05) is 24.2 Å². The van der Waals surface area contributed by atoms with Gasteiger partial charge in [-0.15, -0.1) is 0 Å². The standard InChI is InChI=1S/C12H17F3N2O2/c1-2-3-19-10-5-8(16)4-9(6-10)17-7-11(18)12(13,14)15/h4-6,11,17-18H,2-3,7,16H2,1H3. The molecule has 0 aliphatic rings. The zero-order valence-corrected chi connectivity index (χ0v) is 10.5. The zero-order valence-electron chi connectivity index (χ0n) is 10.5. The quantitative estimate of drug-likeness (QED) is 0.699. The Balaban J connectivity index is 2.65. The first kappa shape index (κ1) is 15.4. The fraction of sp³-hybridized carbons (Fsp3) is 0.500. The molecule has 1 atom stereocenters. The van der Waals surface area contributed by atoms with E-state index in [2.05, 4.69) is 5.32 Å². The van der Waals surface area contributed by atoms with Gasteiger partial charge in [-0.1, -0.05) is 6.92 Å². The first-order chi connectivity index (χ1) is 8.82. The number of nitrogens with one attached hydrogen (secondary N) is 1. The van der Waals surface area contributed by atoms with Gasteiger partial charge in [-0.05, 0) is 12.5 Å². The van der Waals surface area contributed by atoms with Crippen molar-refractivity contribution < 1.29 is 23.0 Å². The smallest absolute Gasteiger partial charge is 0.416 e. The molecule has 4 nitrogen and oxygen atoms in total. The van der Waals surface area contributed by atoms with Crippen LogP contribution in [0.1, 0.15) is 13.3 Å². The van der Waals surface area contributed by atoms with E-state index in [4.69, 9.17) is 15.6 Å². The second-order valence-corrected chi connectivity index (χ2v) is 4.08. The Kier molecular flexibility index (Phi) is 5.29. The van der Waals surface area contributed by atoms with Crippen LogP contribution in [0.3, 0.4) is 0 Å². The fourth-order valence-corrected chi connectivity index (χ4v) is 1.36. The maximum atomic E-state index is 12.1. The number of anilines is 2. The molecule has 0 spiro atoms. The molecule has 1 aromatic rings. The average Bonchev–Trinajstić information content (AvgIpc) is 2.31. The van der Waals surface area contributed by atoms with E-state index < -0.39 is 18.8 Å². The van der Waals surface area contributed by atoms with Gasteiger partial charge in [-0.3, -0.25) is 0 Å². The van der Waals surface area contributed by atoms with Gasteiger partial charge in [0.05, 0.1) is 6.61 Å². The molecule has 0 amide bonds. The molecule has 1 aromatic carbocycles. The normalized spacial score (nSPS) is 13.1. The number of nitrogen functional groups attached to an aromatic ring is 1. The SMILES string of the molecule is CCCOc1cc(N)cc(NCC(O)C(F)(F)F)c1. The second kappa shape index (κ2) is 6.51. The predicted octanol–water partition coefficient (Wildman–Crippen LogP) is 2.39. The van der Waals surface area contributed by atoms with Crippen LogP contribution in [0.2, 0.25) is 0 Å². The van der Waals surface area contributed by atoms with Crippen LogP contribution in [0.5, 0.6) is 5.75 Å². The summed E-state index contributed by atoms with van der Waals surface area (Å²) in [6, 6.07) is 4.60. The summed E-state index contributed by atoms with van der Waals surface area (Å²) in [7, 11) is 0. The molecule has 1 unspecified atom stereocenters. The van der Waals surface area contributed by atoms with Gasteiger partial charge < -0.3 is 20.9 Å². The summed E-state index contributed by atoms with van der Waals surface area (Å²) in [5, 5.41) is 11.4. The molecule has 0 aromatic heterocycles. The highest BCUT2D eigenvalue weighted by Crippen LogP contribution is 2.24. The molecular weight excluding hydrogens is 261 g/mol. The van der Waals surface area contributed by atoms with Crippen molar-refractivity contribution in [3.8, 4) is 5.75 Å². The number of nitrogens with two attached hydrogens (primary N) is 1. The number of ether oxygens (including phenoxy) is 1. The molecule has 108 valence electrons.